The van der Waals surface area contributed by atoms with Crippen molar-refractivity contribution in [3.63, 3.8) is 0 Å². The van der Waals surface area contributed by atoms with Crippen LogP contribution in [0.4, 0.5) is 18.9 Å². The first-order chi connectivity index (χ1) is 12.5. The molecule has 0 heterocycles. The molecule has 0 saturated heterocycles. The molecule has 1 rings (SSSR count). The molecule has 1 aromatic carbocycles. The van der Waals surface area contributed by atoms with E-state index in [9.17, 15) is 13.2 Å². The van der Waals surface area contributed by atoms with Crippen molar-refractivity contribution in [2.24, 2.45) is 0 Å². The first kappa shape index (κ1) is 22.8. The van der Waals surface area contributed by atoms with E-state index in [1.807, 2.05) is 13.8 Å². The molecule has 1 aromatic rings. The second kappa shape index (κ2) is 9.65. The zero-order chi connectivity index (χ0) is 20.8. The lowest BCUT2D eigenvalue weighted by Gasteiger charge is -2.29. The van der Waals surface area contributed by atoms with E-state index in [1.54, 1.807) is 48.2 Å². The highest BCUT2D eigenvalue weighted by Gasteiger charge is 2.23. The van der Waals surface area contributed by atoms with Gasteiger partial charge in [0.25, 0.3) is 0 Å². The van der Waals surface area contributed by atoms with Gasteiger partial charge in [0.15, 0.2) is 0 Å². The highest BCUT2D eigenvalue weighted by Crippen LogP contribution is 2.34. The summed E-state index contributed by atoms with van der Waals surface area (Å²) in [7, 11) is 0. The van der Waals surface area contributed by atoms with Crippen LogP contribution in [0.25, 0.3) is 0 Å². The largest absolute Gasteiger partial charge is 0.301 e. The SMILES string of the molecule is C=C(C(=C(C)C)N(C(=C)Cl)c1ccc(CC(C)(F)F)cc1)/C(F)=C\C=C/C. The van der Waals surface area contributed by atoms with Gasteiger partial charge in [-0.05, 0) is 51.5 Å². The molecule has 146 valence electrons. The molecular weight excluding hydrogens is 371 g/mol. The van der Waals surface area contributed by atoms with E-state index < -0.39 is 11.7 Å². The first-order valence-electron chi connectivity index (χ1n) is 8.45. The number of allylic oxidation sites excluding steroid dienone is 5. The van der Waals surface area contributed by atoms with Crippen LogP contribution in [0.5, 0.6) is 0 Å². The van der Waals surface area contributed by atoms with Crippen molar-refractivity contribution < 1.29 is 13.2 Å². The molecule has 0 aliphatic heterocycles. The summed E-state index contributed by atoms with van der Waals surface area (Å²) < 4.78 is 40.9. The van der Waals surface area contributed by atoms with Gasteiger partial charge >= 0.3 is 0 Å². The molecule has 0 radical (unpaired) electrons. The fraction of sp³-hybridized carbons (Fsp3) is 0.273. The molecule has 0 aliphatic carbocycles. The predicted octanol–water partition coefficient (Wildman–Crippen LogP) is 7.68. The third-order valence-corrected chi connectivity index (χ3v) is 3.83. The van der Waals surface area contributed by atoms with Crippen LogP contribution >= 0.6 is 11.6 Å². The minimum atomic E-state index is -2.79. The molecule has 1 nitrogen and oxygen atoms in total. The van der Waals surface area contributed by atoms with E-state index in [0.717, 1.165) is 12.5 Å². The average molecular weight is 396 g/mol. The van der Waals surface area contributed by atoms with E-state index >= 15 is 0 Å². The highest BCUT2D eigenvalue weighted by atomic mass is 35.5. The number of nitrogens with zero attached hydrogens (tertiary/aromatic N) is 1. The van der Waals surface area contributed by atoms with Crippen molar-refractivity contribution in [3.05, 3.63) is 89.0 Å². The van der Waals surface area contributed by atoms with Crippen molar-refractivity contribution in [2.75, 3.05) is 4.90 Å². The van der Waals surface area contributed by atoms with Gasteiger partial charge in [0.05, 0.1) is 5.70 Å². The van der Waals surface area contributed by atoms with E-state index in [4.69, 9.17) is 11.6 Å². The van der Waals surface area contributed by atoms with Gasteiger partial charge in [0.2, 0.25) is 5.92 Å². The second-order valence-electron chi connectivity index (χ2n) is 6.49. The Morgan fingerprint density at radius 3 is 2.15 bits per heavy atom. The Balaban J connectivity index is 3.35. The number of anilines is 1. The summed E-state index contributed by atoms with van der Waals surface area (Å²) in [6.45, 7) is 13.9. The van der Waals surface area contributed by atoms with E-state index in [1.165, 1.54) is 6.08 Å². The molecule has 5 heteroatoms. The van der Waals surface area contributed by atoms with Gasteiger partial charge < -0.3 is 4.90 Å². The Morgan fingerprint density at radius 2 is 1.74 bits per heavy atom. The second-order valence-corrected chi connectivity index (χ2v) is 6.93. The summed E-state index contributed by atoms with van der Waals surface area (Å²) in [4.78, 5) is 1.55. The Labute approximate surface area is 164 Å². The number of alkyl halides is 2. The summed E-state index contributed by atoms with van der Waals surface area (Å²) in [5.74, 6) is -3.30. The number of halogens is 4. The number of rotatable bonds is 8. The maximum Gasteiger partial charge on any atom is 0.249 e. The maximum atomic E-state index is 14.5. The Kier molecular flexibility index (Phi) is 8.17. The zero-order valence-corrected chi connectivity index (χ0v) is 16.9. The van der Waals surface area contributed by atoms with Gasteiger partial charge in [0, 0.05) is 17.7 Å². The number of benzene rings is 1. The van der Waals surface area contributed by atoms with Gasteiger partial charge in [0.1, 0.15) is 11.0 Å². The van der Waals surface area contributed by atoms with Gasteiger partial charge in [-0.15, -0.1) is 0 Å². The van der Waals surface area contributed by atoms with Crippen molar-refractivity contribution >= 4 is 17.3 Å². The molecule has 0 amide bonds. The van der Waals surface area contributed by atoms with Crippen molar-refractivity contribution in [1.29, 1.82) is 0 Å². The minimum absolute atomic E-state index is 0.139. The molecule has 0 unspecified atom stereocenters. The standard InChI is InChI=1S/C22H25ClF3N/c1-7-8-9-20(24)16(4)21(15(2)3)27(17(5)23)19-12-10-18(11-13-19)14-22(6,25)26/h7-13H,4-5,14H2,1-3,6H3/b8-7-,20-9+. The summed E-state index contributed by atoms with van der Waals surface area (Å²) in [6, 6.07) is 6.49. The third-order valence-electron chi connectivity index (χ3n) is 3.66. The smallest absolute Gasteiger partial charge is 0.249 e. The van der Waals surface area contributed by atoms with Crippen LogP contribution < -0.4 is 4.90 Å². The highest BCUT2D eigenvalue weighted by molar-refractivity contribution is 6.31. The van der Waals surface area contributed by atoms with Crippen LogP contribution in [0.1, 0.15) is 33.3 Å². The molecule has 0 aromatic heterocycles. The molecule has 0 atom stereocenters. The normalized spacial score (nSPS) is 12.2. The van der Waals surface area contributed by atoms with Crippen LogP contribution in [0.15, 0.2) is 83.5 Å². The van der Waals surface area contributed by atoms with Crippen LogP contribution in [0.2, 0.25) is 0 Å². The van der Waals surface area contributed by atoms with Gasteiger partial charge in [-0.25, -0.2) is 13.2 Å². The maximum absolute atomic E-state index is 14.5. The van der Waals surface area contributed by atoms with Crippen LogP contribution in [0, 0.1) is 0 Å². The Hall–Kier alpha value is -2.20. The predicted molar refractivity (Wildman–Crippen MR) is 110 cm³/mol. The summed E-state index contributed by atoms with van der Waals surface area (Å²) in [5, 5.41) is 0.139. The van der Waals surface area contributed by atoms with Crippen LogP contribution in [-0.2, 0) is 6.42 Å². The fourth-order valence-corrected chi connectivity index (χ4v) is 2.75. The van der Waals surface area contributed by atoms with E-state index in [0.29, 0.717) is 16.9 Å². The molecule has 0 saturated carbocycles. The molecule has 0 aliphatic rings. The number of hydrogen-bond acceptors (Lipinski definition) is 1. The lowest BCUT2D eigenvalue weighted by atomic mass is 10.0. The van der Waals surface area contributed by atoms with Gasteiger partial charge in [-0.2, -0.15) is 0 Å². The van der Waals surface area contributed by atoms with E-state index in [2.05, 4.69) is 13.2 Å². The Bertz CT molecular complexity index is 777. The van der Waals surface area contributed by atoms with Gasteiger partial charge in [-0.1, -0.05) is 54.6 Å². The third kappa shape index (κ3) is 6.79. The topological polar surface area (TPSA) is 3.24 Å². The summed E-state index contributed by atoms with van der Waals surface area (Å²) in [6.07, 6.45) is 4.23. The lowest BCUT2D eigenvalue weighted by molar-refractivity contribution is 0.0226. The molecular formula is C22H25ClF3N. The molecule has 0 spiro atoms. The van der Waals surface area contributed by atoms with Crippen molar-refractivity contribution in [3.8, 4) is 0 Å². The average Bonchev–Trinajstić information content (AvgIpc) is 2.55. The number of hydrogen-bond donors (Lipinski definition) is 0. The summed E-state index contributed by atoms with van der Waals surface area (Å²) in [5.41, 5.74) is 2.45. The minimum Gasteiger partial charge on any atom is -0.301 e. The lowest BCUT2D eigenvalue weighted by Crippen LogP contribution is -2.21. The quantitative estimate of drug-likeness (QED) is 0.322. The Morgan fingerprint density at radius 1 is 1.19 bits per heavy atom. The fourth-order valence-electron chi connectivity index (χ4n) is 2.57. The zero-order valence-electron chi connectivity index (χ0n) is 16.1. The van der Waals surface area contributed by atoms with Crippen molar-refractivity contribution in [1.82, 2.24) is 0 Å². The van der Waals surface area contributed by atoms with Gasteiger partial charge in [-0.3, -0.25) is 0 Å². The van der Waals surface area contributed by atoms with E-state index in [-0.39, 0.29) is 17.2 Å². The molecule has 0 N–H and O–H groups in total. The molecule has 0 bridgehead atoms. The first-order valence-corrected chi connectivity index (χ1v) is 8.82. The molecule has 27 heavy (non-hydrogen) atoms. The van der Waals surface area contributed by atoms with Crippen molar-refractivity contribution in [2.45, 2.75) is 40.0 Å². The van der Waals surface area contributed by atoms with Crippen LogP contribution in [-0.4, -0.2) is 5.92 Å². The molecule has 0 fully saturated rings. The van der Waals surface area contributed by atoms with Crippen LogP contribution in [0.3, 0.4) is 0 Å². The summed E-state index contributed by atoms with van der Waals surface area (Å²) >= 11 is 6.20. The monoisotopic (exact) mass is 395 g/mol.